The molecule has 0 saturated carbocycles. The van der Waals surface area contributed by atoms with Crippen LogP contribution in [0.5, 0.6) is 0 Å². The fraction of sp³-hybridized carbons (Fsp3) is 0.333. The van der Waals surface area contributed by atoms with E-state index < -0.39 is 0 Å². The third-order valence-corrected chi connectivity index (χ3v) is 1.55. The zero-order chi connectivity index (χ0) is 7.40. The van der Waals surface area contributed by atoms with Crippen LogP contribution in [0.4, 0.5) is 0 Å². The highest BCUT2D eigenvalue weighted by atomic mass is 35.5. The van der Waals surface area contributed by atoms with E-state index in [4.69, 9.17) is 5.73 Å². The van der Waals surface area contributed by atoms with Crippen molar-refractivity contribution in [1.82, 2.24) is 0 Å². The van der Waals surface area contributed by atoms with Gasteiger partial charge in [-0.2, -0.15) is 0 Å². The van der Waals surface area contributed by atoms with Crippen LogP contribution in [-0.2, 0) is 6.42 Å². The summed E-state index contributed by atoms with van der Waals surface area (Å²) in [5, 5.41) is 0. The molecular weight excluding hydrogens is 158 g/mol. The van der Waals surface area contributed by atoms with Crippen molar-refractivity contribution < 1.29 is 0 Å². The molecule has 0 aliphatic carbocycles. The third kappa shape index (κ3) is 3.40. The Balaban J connectivity index is 0.000001000. The van der Waals surface area contributed by atoms with Gasteiger partial charge in [0.2, 0.25) is 0 Å². The molecule has 0 heterocycles. The Morgan fingerprint density at radius 3 is 2.18 bits per heavy atom. The molecule has 0 aliphatic rings. The summed E-state index contributed by atoms with van der Waals surface area (Å²) < 4.78 is 0. The van der Waals surface area contributed by atoms with E-state index in [0.29, 0.717) is 0 Å². The second-order valence-corrected chi connectivity index (χ2v) is 2.52. The highest BCUT2D eigenvalue weighted by molar-refractivity contribution is 5.85. The molecule has 0 atom stereocenters. The van der Waals surface area contributed by atoms with E-state index in [1.807, 2.05) is 0 Å². The number of hydrogen-bond donors (Lipinski definition) is 1. The Morgan fingerprint density at radius 1 is 1.18 bits per heavy atom. The Hall–Kier alpha value is -0.530. The molecule has 1 aromatic rings. The Kier molecular flexibility index (Phi) is 4.92. The van der Waals surface area contributed by atoms with Crippen LogP contribution in [0.3, 0.4) is 0 Å². The highest BCUT2D eigenvalue weighted by Gasteiger charge is 1.88. The van der Waals surface area contributed by atoms with Gasteiger partial charge in [-0.05, 0) is 25.5 Å². The van der Waals surface area contributed by atoms with Crippen molar-refractivity contribution in [3.8, 4) is 0 Å². The number of aryl methyl sites for hydroxylation is 1. The minimum atomic E-state index is 0. The van der Waals surface area contributed by atoms with Crippen LogP contribution in [0.25, 0.3) is 0 Å². The van der Waals surface area contributed by atoms with Crippen molar-refractivity contribution in [3.05, 3.63) is 35.4 Å². The molecule has 0 fully saturated rings. The maximum absolute atomic E-state index is 5.40. The van der Waals surface area contributed by atoms with Gasteiger partial charge in [0.15, 0.2) is 0 Å². The van der Waals surface area contributed by atoms with E-state index in [-0.39, 0.29) is 12.4 Å². The monoisotopic (exact) mass is 171 g/mol. The quantitative estimate of drug-likeness (QED) is 0.723. The standard InChI is InChI=1S/C9H13N.ClH/c1-8-2-4-9(5-3-8)6-7-10;/h2-5H,6-7,10H2,1H3;1H. The molecule has 0 saturated heterocycles. The first-order valence-corrected chi connectivity index (χ1v) is 3.58. The Bertz CT molecular complexity index is 193. The first-order chi connectivity index (χ1) is 4.83. The van der Waals surface area contributed by atoms with Crippen molar-refractivity contribution in [2.24, 2.45) is 5.73 Å². The minimum absolute atomic E-state index is 0. The molecule has 0 unspecified atom stereocenters. The van der Waals surface area contributed by atoms with Crippen LogP contribution in [0.2, 0.25) is 0 Å². The molecule has 1 nitrogen and oxygen atoms in total. The van der Waals surface area contributed by atoms with Crippen molar-refractivity contribution in [3.63, 3.8) is 0 Å². The van der Waals surface area contributed by atoms with Gasteiger partial charge in [0.25, 0.3) is 0 Å². The first kappa shape index (κ1) is 10.5. The lowest BCUT2D eigenvalue weighted by atomic mass is 10.1. The third-order valence-electron chi connectivity index (χ3n) is 1.55. The molecule has 1 rings (SSSR count). The maximum atomic E-state index is 5.40. The molecule has 1 aromatic carbocycles. The Morgan fingerprint density at radius 2 is 1.73 bits per heavy atom. The number of benzene rings is 1. The smallest absolute Gasteiger partial charge is 0.00367 e. The van der Waals surface area contributed by atoms with Gasteiger partial charge >= 0.3 is 0 Å². The predicted octanol–water partition coefficient (Wildman–Crippen LogP) is 1.92. The molecule has 0 radical (unpaired) electrons. The van der Waals surface area contributed by atoms with Crippen LogP contribution in [0.15, 0.2) is 24.3 Å². The highest BCUT2D eigenvalue weighted by Crippen LogP contribution is 2.02. The van der Waals surface area contributed by atoms with Crippen molar-refractivity contribution in [1.29, 1.82) is 0 Å². The minimum Gasteiger partial charge on any atom is -0.330 e. The molecule has 0 spiro atoms. The van der Waals surface area contributed by atoms with Gasteiger partial charge in [0.05, 0.1) is 0 Å². The van der Waals surface area contributed by atoms with Gasteiger partial charge in [-0.25, -0.2) is 0 Å². The summed E-state index contributed by atoms with van der Waals surface area (Å²) in [6, 6.07) is 8.49. The molecule has 2 heteroatoms. The average molecular weight is 172 g/mol. The van der Waals surface area contributed by atoms with E-state index in [0.717, 1.165) is 13.0 Å². The average Bonchev–Trinajstić information content (AvgIpc) is 1.95. The topological polar surface area (TPSA) is 26.0 Å². The van der Waals surface area contributed by atoms with Crippen LogP contribution in [0, 0.1) is 6.92 Å². The normalized spacial score (nSPS) is 8.91. The van der Waals surface area contributed by atoms with E-state index in [9.17, 15) is 0 Å². The lowest BCUT2D eigenvalue weighted by Crippen LogP contribution is -2.02. The maximum Gasteiger partial charge on any atom is -0.00367 e. The van der Waals surface area contributed by atoms with Gasteiger partial charge < -0.3 is 5.73 Å². The first-order valence-electron chi connectivity index (χ1n) is 3.58. The van der Waals surface area contributed by atoms with E-state index >= 15 is 0 Å². The molecular formula is C9H14ClN. The SMILES string of the molecule is Cc1ccc(CCN)cc1.Cl. The van der Waals surface area contributed by atoms with E-state index in [1.165, 1.54) is 11.1 Å². The van der Waals surface area contributed by atoms with Crippen molar-refractivity contribution in [2.75, 3.05) is 6.54 Å². The number of nitrogens with two attached hydrogens (primary N) is 1. The van der Waals surface area contributed by atoms with E-state index in [2.05, 4.69) is 31.2 Å². The van der Waals surface area contributed by atoms with Crippen LogP contribution in [0.1, 0.15) is 11.1 Å². The van der Waals surface area contributed by atoms with E-state index in [1.54, 1.807) is 0 Å². The number of halogens is 1. The van der Waals surface area contributed by atoms with Gasteiger partial charge in [-0.1, -0.05) is 29.8 Å². The molecule has 11 heavy (non-hydrogen) atoms. The van der Waals surface area contributed by atoms with Gasteiger partial charge in [0.1, 0.15) is 0 Å². The lowest BCUT2D eigenvalue weighted by molar-refractivity contribution is 0.968. The summed E-state index contributed by atoms with van der Waals surface area (Å²) in [4.78, 5) is 0. The molecule has 2 N–H and O–H groups in total. The molecule has 62 valence electrons. The fourth-order valence-corrected chi connectivity index (χ4v) is 0.921. The lowest BCUT2D eigenvalue weighted by Gasteiger charge is -1.97. The molecule has 0 aliphatic heterocycles. The van der Waals surface area contributed by atoms with Crippen molar-refractivity contribution >= 4 is 12.4 Å². The number of rotatable bonds is 2. The summed E-state index contributed by atoms with van der Waals surface area (Å²) in [7, 11) is 0. The van der Waals surface area contributed by atoms with Crippen LogP contribution < -0.4 is 5.73 Å². The van der Waals surface area contributed by atoms with Gasteiger partial charge in [-0.3, -0.25) is 0 Å². The summed E-state index contributed by atoms with van der Waals surface area (Å²) in [5.41, 5.74) is 8.03. The fourth-order valence-electron chi connectivity index (χ4n) is 0.921. The van der Waals surface area contributed by atoms with Gasteiger partial charge in [0, 0.05) is 0 Å². The zero-order valence-electron chi connectivity index (χ0n) is 6.71. The second-order valence-electron chi connectivity index (χ2n) is 2.52. The zero-order valence-corrected chi connectivity index (χ0v) is 7.53. The number of hydrogen-bond acceptors (Lipinski definition) is 1. The largest absolute Gasteiger partial charge is 0.330 e. The predicted molar refractivity (Wildman–Crippen MR) is 51.2 cm³/mol. The summed E-state index contributed by atoms with van der Waals surface area (Å²) in [6.07, 6.45) is 0.986. The molecule has 0 bridgehead atoms. The van der Waals surface area contributed by atoms with Crippen molar-refractivity contribution in [2.45, 2.75) is 13.3 Å². The summed E-state index contributed by atoms with van der Waals surface area (Å²) in [5.74, 6) is 0. The Labute approximate surface area is 74.0 Å². The second kappa shape index (κ2) is 5.16. The van der Waals surface area contributed by atoms with Crippen LogP contribution in [-0.4, -0.2) is 6.54 Å². The van der Waals surface area contributed by atoms with Gasteiger partial charge in [-0.15, -0.1) is 12.4 Å². The molecule has 0 aromatic heterocycles. The summed E-state index contributed by atoms with van der Waals surface area (Å²) in [6.45, 7) is 2.83. The van der Waals surface area contributed by atoms with Crippen LogP contribution >= 0.6 is 12.4 Å². The molecule has 0 amide bonds. The summed E-state index contributed by atoms with van der Waals surface area (Å²) >= 11 is 0.